The minimum absolute atomic E-state index is 0.0172. The summed E-state index contributed by atoms with van der Waals surface area (Å²) < 4.78 is 1.13. The lowest BCUT2D eigenvalue weighted by Crippen LogP contribution is -2.39. The topological polar surface area (TPSA) is 54.0 Å². The van der Waals surface area contributed by atoms with Gasteiger partial charge >= 0.3 is 0 Å². The number of nitrogens with zero attached hydrogens (tertiary/aromatic N) is 1. The molecule has 2 fully saturated rings. The van der Waals surface area contributed by atoms with E-state index in [9.17, 15) is 4.79 Å². The number of hydrogen-bond donors (Lipinski definition) is 2. The lowest BCUT2D eigenvalue weighted by molar-refractivity contribution is -0.118. The number of carbonyl (C=O) groups excluding carboxylic acids is 1. The van der Waals surface area contributed by atoms with Gasteiger partial charge < -0.3 is 10.6 Å². The Hall–Kier alpha value is -1.46. The van der Waals surface area contributed by atoms with Crippen LogP contribution in [0.4, 0.5) is 5.69 Å². The highest BCUT2D eigenvalue weighted by Crippen LogP contribution is 2.38. The van der Waals surface area contributed by atoms with Gasteiger partial charge in [-0.3, -0.25) is 4.79 Å². The molecule has 0 spiro atoms. The van der Waals surface area contributed by atoms with Crippen LogP contribution in [0.3, 0.4) is 0 Å². The van der Waals surface area contributed by atoms with Crippen LogP contribution in [0.5, 0.6) is 0 Å². The maximum absolute atomic E-state index is 12.5. The number of nitrogens with one attached hydrogen (secondary N) is 2. The van der Waals surface area contributed by atoms with Crippen LogP contribution < -0.4 is 10.6 Å². The first-order valence-corrected chi connectivity index (χ1v) is 8.44. The Kier molecular flexibility index (Phi) is 3.19. The van der Waals surface area contributed by atoms with Gasteiger partial charge in [-0.05, 0) is 56.3 Å². The highest BCUT2D eigenvalue weighted by molar-refractivity contribution is 7.18. The van der Waals surface area contributed by atoms with Crippen LogP contribution in [-0.4, -0.2) is 23.5 Å². The highest BCUT2D eigenvalue weighted by atomic mass is 32.1. The van der Waals surface area contributed by atoms with Gasteiger partial charge in [0.2, 0.25) is 5.91 Å². The average Bonchev–Trinajstić information content (AvgIpc) is 3.10. The van der Waals surface area contributed by atoms with Gasteiger partial charge in [0.05, 0.1) is 21.3 Å². The molecule has 21 heavy (non-hydrogen) atoms. The van der Waals surface area contributed by atoms with E-state index in [4.69, 9.17) is 0 Å². The molecule has 1 saturated carbocycles. The predicted octanol–water partition coefficient (Wildman–Crippen LogP) is 2.93. The zero-order valence-electron chi connectivity index (χ0n) is 12.1. The van der Waals surface area contributed by atoms with E-state index in [0.29, 0.717) is 11.8 Å². The zero-order chi connectivity index (χ0) is 14.4. The standard InChI is InChI=1S/C16H19N3OS/c1-9-18-13-6-5-11(7-14(13)21-9)19-16(20)15-12-4-2-3-10(12)8-17-15/h5-7,10,12,15,17H,2-4,8H2,1H3,(H,19,20). The number of rotatable bonds is 2. The summed E-state index contributed by atoms with van der Waals surface area (Å²) in [5.41, 5.74) is 1.88. The number of benzene rings is 1. The summed E-state index contributed by atoms with van der Waals surface area (Å²) in [7, 11) is 0. The van der Waals surface area contributed by atoms with Gasteiger partial charge in [0.15, 0.2) is 0 Å². The van der Waals surface area contributed by atoms with Gasteiger partial charge in [0.1, 0.15) is 0 Å². The molecular formula is C16H19N3OS. The van der Waals surface area contributed by atoms with Crippen molar-refractivity contribution in [2.45, 2.75) is 32.2 Å². The van der Waals surface area contributed by atoms with E-state index in [1.54, 1.807) is 11.3 Å². The van der Waals surface area contributed by atoms with Gasteiger partial charge in [-0.1, -0.05) is 6.42 Å². The second-order valence-electron chi connectivity index (χ2n) is 6.15. The fraction of sp³-hybridized carbons (Fsp3) is 0.500. The summed E-state index contributed by atoms with van der Waals surface area (Å²) in [5.74, 6) is 1.34. The number of aryl methyl sites for hydroxylation is 1. The third kappa shape index (κ3) is 2.34. The summed E-state index contributed by atoms with van der Waals surface area (Å²) in [4.78, 5) is 17.0. The smallest absolute Gasteiger partial charge is 0.241 e. The minimum Gasteiger partial charge on any atom is -0.325 e. The molecule has 1 aliphatic heterocycles. The zero-order valence-corrected chi connectivity index (χ0v) is 12.9. The molecule has 1 amide bonds. The van der Waals surface area contributed by atoms with E-state index < -0.39 is 0 Å². The quantitative estimate of drug-likeness (QED) is 0.896. The van der Waals surface area contributed by atoms with Crippen LogP contribution in [0, 0.1) is 18.8 Å². The molecule has 2 heterocycles. The second-order valence-corrected chi connectivity index (χ2v) is 7.38. The third-order valence-electron chi connectivity index (χ3n) is 4.79. The lowest BCUT2D eigenvalue weighted by atomic mass is 9.93. The van der Waals surface area contributed by atoms with E-state index >= 15 is 0 Å². The Labute approximate surface area is 128 Å². The van der Waals surface area contributed by atoms with E-state index in [0.717, 1.165) is 27.5 Å². The van der Waals surface area contributed by atoms with Crippen LogP contribution in [-0.2, 0) is 4.79 Å². The molecule has 4 rings (SSSR count). The Morgan fingerprint density at radius 1 is 1.43 bits per heavy atom. The summed E-state index contributed by atoms with van der Waals surface area (Å²) in [6.07, 6.45) is 3.73. The van der Waals surface area contributed by atoms with Gasteiger partial charge in [-0.25, -0.2) is 4.98 Å². The maximum atomic E-state index is 12.5. The predicted molar refractivity (Wildman–Crippen MR) is 85.6 cm³/mol. The van der Waals surface area contributed by atoms with Gasteiger partial charge in [0, 0.05) is 5.69 Å². The number of amides is 1. The second kappa shape index (κ2) is 5.07. The lowest BCUT2D eigenvalue weighted by Gasteiger charge is -2.17. The molecule has 0 bridgehead atoms. The van der Waals surface area contributed by atoms with Gasteiger partial charge in [-0.2, -0.15) is 0 Å². The molecule has 3 unspecified atom stereocenters. The van der Waals surface area contributed by atoms with E-state index in [1.165, 1.54) is 19.3 Å². The minimum atomic E-state index is -0.0172. The number of carbonyl (C=O) groups is 1. The van der Waals surface area contributed by atoms with E-state index in [1.807, 2.05) is 25.1 Å². The molecule has 3 atom stereocenters. The molecule has 2 N–H and O–H groups in total. The molecule has 1 aromatic heterocycles. The number of aromatic nitrogens is 1. The largest absolute Gasteiger partial charge is 0.325 e. The Balaban J connectivity index is 1.52. The van der Waals surface area contributed by atoms with Crippen molar-refractivity contribution in [2.75, 3.05) is 11.9 Å². The first-order valence-electron chi connectivity index (χ1n) is 7.62. The maximum Gasteiger partial charge on any atom is 0.241 e. The molecular weight excluding hydrogens is 282 g/mol. The highest BCUT2D eigenvalue weighted by Gasteiger charge is 2.42. The first kappa shape index (κ1) is 13.2. The Bertz CT molecular complexity index is 696. The number of hydrogen-bond acceptors (Lipinski definition) is 4. The third-order valence-corrected chi connectivity index (χ3v) is 5.72. The summed E-state index contributed by atoms with van der Waals surface area (Å²) in [5, 5.41) is 7.53. The molecule has 0 radical (unpaired) electrons. The fourth-order valence-corrected chi connectivity index (χ4v) is 4.68. The summed E-state index contributed by atoms with van der Waals surface area (Å²) in [6.45, 7) is 3.00. The van der Waals surface area contributed by atoms with Crippen molar-refractivity contribution in [1.82, 2.24) is 10.3 Å². The molecule has 1 aromatic carbocycles. The normalized spacial score (nSPS) is 28.0. The molecule has 2 aliphatic rings. The summed E-state index contributed by atoms with van der Waals surface area (Å²) >= 11 is 1.66. The number of anilines is 1. The van der Waals surface area contributed by atoms with Gasteiger partial charge in [-0.15, -0.1) is 11.3 Å². The van der Waals surface area contributed by atoms with Crippen molar-refractivity contribution in [3.8, 4) is 0 Å². The monoisotopic (exact) mass is 301 g/mol. The molecule has 2 aromatic rings. The van der Waals surface area contributed by atoms with Crippen molar-refractivity contribution >= 4 is 33.1 Å². The Morgan fingerprint density at radius 2 is 2.33 bits per heavy atom. The number of fused-ring (bicyclic) bond motifs is 2. The van der Waals surface area contributed by atoms with Crippen LogP contribution in [0.2, 0.25) is 0 Å². The van der Waals surface area contributed by atoms with Crippen LogP contribution in [0.15, 0.2) is 18.2 Å². The van der Waals surface area contributed by atoms with E-state index in [-0.39, 0.29) is 11.9 Å². The van der Waals surface area contributed by atoms with Crippen molar-refractivity contribution in [3.05, 3.63) is 23.2 Å². The molecule has 110 valence electrons. The molecule has 5 heteroatoms. The van der Waals surface area contributed by atoms with Crippen LogP contribution >= 0.6 is 11.3 Å². The van der Waals surface area contributed by atoms with Crippen molar-refractivity contribution < 1.29 is 4.79 Å². The van der Waals surface area contributed by atoms with Crippen molar-refractivity contribution in [3.63, 3.8) is 0 Å². The SMILES string of the molecule is Cc1nc2ccc(NC(=O)C3NCC4CCCC43)cc2s1. The fourth-order valence-electron chi connectivity index (χ4n) is 3.81. The van der Waals surface area contributed by atoms with Gasteiger partial charge in [0.25, 0.3) is 0 Å². The van der Waals surface area contributed by atoms with Crippen molar-refractivity contribution in [2.24, 2.45) is 11.8 Å². The van der Waals surface area contributed by atoms with Crippen molar-refractivity contribution in [1.29, 1.82) is 0 Å². The summed E-state index contributed by atoms with van der Waals surface area (Å²) in [6, 6.07) is 5.94. The first-order chi connectivity index (χ1) is 10.2. The number of thiazole rings is 1. The molecule has 1 aliphatic carbocycles. The van der Waals surface area contributed by atoms with E-state index in [2.05, 4.69) is 15.6 Å². The van der Waals surface area contributed by atoms with Crippen LogP contribution in [0.1, 0.15) is 24.3 Å². The molecule has 1 saturated heterocycles. The molecule has 4 nitrogen and oxygen atoms in total. The average molecular weight is 301 g/mol. The Morgan fingerprint density at radius 3 is 3.24 bits per heavy atom. The van der Waals surface area contributed by atoms with Crippen LogP contribution in [0.25, 0.3) is 10.2 Å².